The van der Waals surface area contributed by atoms with E-state index in [9.17, 15) is 0 Å². The van der Waals surface area contributed by atoms with Gasteiger partial charge in [-0.1, -0.05) is 54.6 Å². The van der Waals surface area contributed by atoms with Gasteiger partial charge in [0.25, 0.3) is 0 Å². The van der Waals surface area contributed by atoms with E-state index in [1.807, 2.05) is 25.1 Å². The first kappa shape index (κ1) is 13.7. The van der Waals surface area contributed by atoms with Crippen molar-refractivity contribution in [3.8, 4) is 22.5 Å². The van der Waals surface area contributed by atoms with Crippen LogP contribution >= 0.6 is 0 Å². The molecule has 0 amide bonds. The summed E-state index contributed by atoms with van der Waals surface area (Å²) >= 11 is 0. The number of hydrogen-bond acceptors (Lipinski definition) is 2. The fourth-order valence-electron chi connectivity index (χ4n) is 2.42. The van der Waals surface area contributed by atoms with Crippen molar-refractivity contribution in [2.24, 2.45) is 5.73 Å². The van der Waals surface area contributed by atoms with Crippen LogP contribution in [0.15, 0.2) is 71.1 Å². The van der Waals surface area contributed by atoms with E-state index in [1.54, 1.807) is 0 Å². The molecule has 0 aliphatic heterocycles. The highest BCUT2D eigenvalue weighted by atomic mass is 16.3. The Morgan fingerprint density at radius 3 is 2.10 bits per heavy atom. The van der Waals surface area contributed by atoms with Crippen LogP contribution in [0.2, 0.25) is 0 Å². The van der Waals surface area contributed by atoms with Gasteiger partial charge in [0, 0.05) is 18.0 Å². The summed E-state index contributed by atoms with van der Waals surface area (Å²) in [5.74, 6) is 1.83. The minimum absolute atomic E-state index is 0.115. The van der Waals surface area contributed by atoms with E-state index < -0.39 is 0 Å². The van der Waals surface area contributed by atoms with Gasteiger partial charge in [-0.25, -0.2) is 0 Å². The van der Waals surface area contributed by atoms with Gasteiger partial charge in [-0.15, -0.1) is 0 Å². The Hall–Kier alpha value is -2.32. The molecule has 1 aromatic heterocycles. The molecule has 3 rings (SSSR count). The van der Waals surface area contributed by atoms with E-state index in [-0.39, 0.29) is 6.04 Å². The van der Waals surface area contributed by atoms with Crippen LogP contribution in [0, 0.1) is 0 Å². The Morgan fingerprint density at radius 2 is 1.43 bits per heavy atom. The Morgan fingerprint density at radius 1 is 0.810 bits per heavy atom. The predicted octanol–water partition coefficient (Wildman–Crippen LogP) is 4.50. The molecule has 1 heterocycles. The Kier molecular flexibility index (Phi) is 3.89. The van der Waals surface area contributed by atoms with Crippen LogP contribution in [-0.2, 0) is 6.42 Å². The van der Waals surface area contributed by atoms with Crippen molar-refractivity contribution < 1.29 is 4.42 Å². The average molecular weight is 277 g/mol. The molecule has 3 aromatic rings. The van der Waals surface area contributed by atoms with Gasteiger partial charge < -0.3 is 10.2 Å². The molecule has 106 valence electrons. The minimum atomic E-state index is 0.115. The molecule has 0 saturated heterocycles. The van der Waals surface area contributed by atoms with Crippen molar-refractivity contribution in [1.29, 1.82) is 0 Å². The van der Waals surface area contributed by atoms with Crippen LogP contribution < -0.4 is 5.73 Å². The van der Waals surface area contributed by atoms with Crippen molar-refractivity contribution >= 4 is 0 Å². The summed E-state index contributed by atoms with van der Waals surface area (Å²) in [5, 5.41) is 0. The molecule has 0 aliphatic carbocycles. The van der Waals surface area contributed by atoms with Gasteiger partial charge in [0.2, 0.25) is 0 Å². The van der Waals surface area contributed by atoms with Crippen LogP contribution in [0.1, 0.15) is 12.7 Å². The second-order valence-corrected chi connectivity index (χ2v) is 5.39. The lowest BCUT2D eigenvalue weighted by Gasteiger charge is -2.03. The van der Waals surface area contributed by atoms with E-state index in [0.717, 1.165) is 23.5 Å². The zero-order valence-electron chi connectivity index (χ0n) is 12.1. The maximum absolute atomic E-state index is 5.85. The molecule has 0 bridgehead atoms. The second kappa shape index (κ2) is 5.98. The van der Waals surface area contributed by atoms with Gasteiger partial charge in [0.15, 0.2) is 0 Å². The maximum Gasteiger partial charge on any atom is 0.134 e. The van der Waals surface area contributed by atoms with E-state index in [1.165, 1.54) is 11.1 Å². The van der Waals surface area contributed by atoms with Crippen LogP contribution in [0.4, 0.5) is 0 Å². The van der Waals surface area contributed by atoms with E-state index in [0.29, 0.717) is 0 Å². The topological polar surface area (TPSA) is 39.2 Å². The first-order valence-corrected chi connectivity index (χ1v) is 7.22. The van der Waals surface area contributed by atoms with Crippen LogP contribution in [-0.4, -0.2) is 6.04 Å². The third-order valence-corrected chi connectivity index (χ3v) is 3.46. The summed E-state index contributed by atoms with van der Waals surface area (Å²) in [6, 6.07) is 22.9. The quantitative estimate of drug-likeness (QED) is 0.762. The van der Waals surface area contributed by atoms with Crippen molar-refractivity contribution in [3.63, 3.8) is 0 Å². The summed E-state index contributed by atoms with van der Waals surface area (Å²) in [6.45, 7) is 1.98. The summed E-state index contributed by atoms with van der Waals surface area (Å²) in [7, 11) is 0. The lowest BCUT2D eigenvalue weighted by molar-refractivity contribution is 0.503. The average Bonchev–Trinajstić information content (AvgIpc) is 2.96. The second-order valence-electron chi connectivity index (χ2n) is 5.39. The zero-order chi connectivity index (χ0) is 14.7. The molecular weight excluding hydrogens is 258 g/mol. The molecule has 2 nitrogen and oxygen atoms in total. The highest BCUT2D eigenvalue weighted by Gasteiger charge is 2.07. The normalized spacial score (nSPS) is 12.3. The molecule has 0 spiro atoms. The smallest absolute Gasteiger partial charge is 0.134 e. The standard InChI is InChI=1S/C19H19NO/c1-14(20)13-18-11-12-19(21-18)17-9-7-16(8-10-17)15-5-3-2-4-6-15/h2-12,14H,13,20H2,1H3. The third kappa shape index (κ3) is 3.23. The molecule has 0 radical (unpaired) electrons. The van der Waals surface area contributed by atoms with Gasteiger partial charge in [-0.3, -0.25) is 0 Å². The zero-order valence-corrected chi connectivity index (χ0v) is 12.1. The fraction of sp³-hybridized carbons (Fsp3) is 0.158. The Labute approximate surface area is 125 Å². The van der Waals surface area contributed by atoms with Crippen LogP contribution in [0.3, 0.4) is 0 Å². The SMILES string of the molecule is CC(N)Cc1ccc(-c2ccc(-c3ccccc3)cc2)o1. The number of benzene rings is 2. The van der Waals surface area contributed by atoms with Crippen molar-refractivity contribution in [2.45, 2.75) is 19.4 Å². The molecule has 2 N–H and O–H groups in total. The van der Waals surface area contributed by atoms with E-state index >= 15 is 0 Å². The highest BCUT2D eigenvalue weighted by Crippen LogP contribution is 2.26. The Balaban J connectivity index is 1.82. The Bertz CT molecular complexity index is 696. The van der Waals surface area contributed by atoms with Gasteiger partial charge in [0.05, 0.1) is 0 Å². The predicted molar refractivity (Wildman–Crippen MR) is 86.9 cm³/mol. The van der Waals surface area contributed by atoms with E-state index in [2.05, 4.69) is 48.5 Å². The van der Waals surface area contributed by atoms with Crippen molar-refractivity contribution in [3.05, 3.63) is 72.5 Å². The van der Waals surface area contributed by atoms with Crippen molar-refractivity contribution in [1.82, 2.24) is 0 Å². The lowest BCUT2D eigenvalue weighted by Crippen LogP contribution is -2.17. The number of furan rings is 1. The fourth-order valence-corrected chi connectivity index (χ4v) is 2.42. The largest absolute Gasteiger partial charge is 0.461 e. The maximum atomic E-state index is 5.85. The molecular formula is C19H19NO. The lowest BCUT2D eigenvalue weighted by atomic mass is 10.0. The van der Waals surface area contributed by atoms with Crippen LogP contribution in [0.5, 0.6) is 0 Å². The molecule has 0 fully saturated rings. The number of hydrogen-bond donors (Lipinski definition) is 1. The van der Waals surface area contributed by atoms with Crippen LogP contribution in [0.25, 0.3) is 22.5 Å². The summed E-state index contributed by atoms with van der Waals surface area (Å²) in [4.78, 5) is 0. The molecule has 0 aliphatic rings. The molecule has 1 atom stereocenters. The monoisotopic (exact) mass is 277 g/mol. The third-order valence-electron chi connectivity index (χ3n) is 3.46. The minimum Gasteiger partial charge on any atom is -0.461 e. The summed E-state index contributed by atoms with van der Waals surface area (Å²) < 4.78 is 5.85. The summed E-state index contributed by atoms with van der Waals surface area (Å²) in [5.41, 5.74) is 9.32. The highest BCUT2D eigenvalue weighted by molar-refractivity contribution is 5.68. The van der Waals surface area contributed by atoms with Gasteiger partial charge in [-0.2, -0.15) is 0 Å². The first-order chi connectivity index (χ1) is 10.2. The van der Waals surface area contributed by atoms with Gasteiger partial charge in [0.1, 0.15) is 11.5 Å². The first-order valence-electron chi connectivity index (χ1n) is 7.22. The molecule has 1 unspecified atom stereocenters. The van der Waals surface area contributed by atoms with Crippen molar-refractivity contribution in [2.75, 3.05) is 0 Å². The molecule has 2 aromatic carbocycles. The molecule has 0 saturated carbocycles. The van der Waals surface area contributed by atoms with Gasteiger partial charge >= 0.3 is 0 Å². The molecule has 21 heavy (non-hydrogen) atoms. The summed E-state index contributed by atoms with van der Waals surface area (Å²) in [6.07, 6.45) is 0.766. The van der Waals surface area contributed by atoms with E-state index in [4.69, 9.17) is 10.2 Å². The number of nitrogens with two attached hydrogens (primary N) is 1. The number of rotatable bonds is 4. The molecule has 2 heteroatoms. The van der Waals surface area contributed by atoms with Gasteiger partial charge in [-0.05, 0) is 30.2 Å².